The maximum absolute atomic E-state index is 11.1. The minimum atomic E-state index is -0.679. The molecule has 0 radical (unpaired) electrons. The second-order valence-electron chi connectivity index (χ2n) is 10.1. The lowest BCUT2D eigenvalue weighted by atomic mass is 10.2. The Morgan fingerprint density at radius 1 is 0.511 bits per heavy atom. The molecule has 0 fully saturated rings. The van der Waals surface area contributed by atoms with Gasteiger partial charge in [-0.3, -0.25) is 20.2 Å². The standard InChI is InChI=1S/C31H55N3O13/c1-2-3-4-5-6-10-39-12-14-41-16-18-43-20-22-45-24-26-47-27-25-46-23-21-44-19-17-42-15-13-40-11-9-32-30-8-7-29(33(35)36)28-31(30)34(37)38/h7-8,28,32H,2-6,9-27H2,1H3. The third-order valence-corrected chi connectivity index (χ3v) is 6.32. The molecule has 1 aromatic rings. The van der Waals surface area contributed by atoms with Gasteiger partial charge in [-0.15, -0.1) is 0 Å². The third-order valence-electron chi connectivity index (χ3n) is 6.32. The van der Waals surface area contributed by atoms with Crippen molar-refractivity contribution in [1.82, 2.24) is 0 Å². The number of nitro groups is 2. The van der Waals surface area contributed by atoms with E-state index in [-0.39, 0.29) is 23.7 Å². The van der Waals surface area contributed by atoms with Crippen molar-refractivity contribution in [3.8, 4) is 0 Å². The van der Waals surface area contributed by atoms with E-state index in [1.165, 1.54) is 37.8 Å². The molecule has 0 atom stereocenters. The summed E-state index contributed by atoms with van der Waals surface area (Å²) < 4.78 is 49.2. The molecule has 0 aliphatic heterocycles. The van der Waals surface area contributed by atoms with Crippen LogP contribution in [0.3, 0.4) is 0 Å². The van der Waals surface area contributed by atoms with Crippen LogP contribution in [0.4, 0.5) is 17.1 Å². The lowest BCUT2D eigenvalue weighted by Gasteiger charge is -2.09. The van der Waals surface area contributed by atoms with Crippen molar-refractivity contribution in [2.45, 2.75) is 39.0 Å². The van der Waals surface area contributed by atoms with Crippen molar-refractivity contribution in [3.05, 3.63) is 38.4 Å². The van der Waals surface area contributed by atoms with Gasteiger partial charge in [-0.05, 0) is 12.5 Å². The quantitative estimate of drug-likeness (QED) is 0.0610. The van der Waals surface area contributed by atoms with Gasteiger partial charge in [-0.25, -0.2) is 0 Å². The van der Waals surface area contributed by atoms with E-state index in [4.69, 9.17) is 42.6 Å². The van der Waals surface area contributed by atoms with Crippen LogP contribution in [0.25, 0.3) is 0 Å². The van der Waals surface area contributed by atoms with Gasteiger partial charge in [0.25, 0.3) is 11.4 Å². The van der Waals surface area contributed by atoms with E-state index < -0.39 is 9.85 Å². The number of anilines is 1. The topological polar surface area (TPSA) is 181 Å². The fourth-order valence-corrected chi connectivity index (χ4v) is 3.86. The average Bonchev–Trinajstić information content (AvgIpc) is 3.06. The van der Waals surface area contributed by atoms with Crippen molar-refractivity contribution in [2.24, 2.45) is 0 Å². The average molecular weight is 678 g/mol. The zero-order chi connectivity index (χ0) is 34.0. The van der Waals surface area contributed by atoms with E-state index in [9.17, 15) is 20.2 Å². The highest BCUT2D eigenvalue weighted by atomic mass is 16.6. The summed E-state index contributed by atoms with van der Waals surface area (Å²) in [6, 6.07) is 3.44. The molecule has 0 amide bonds. The lowest BCUT2D eigenvalue weighted by molar-refractivity contribution is -0.393. The fourth-order valence-electron chi connectivity index (χ4n) is 3.86. The number of non-ortho nitro benzene ring substituents is 1. The maximum atomic E-state index is 11.1. The Morgan fingerprint density at radius 3 is 1.28 bits per heavy atom. The number of nitro benzene ring substituents is 2. The van der Waals surface area contributed by atoms with Gasteiger partial charge in [0.1, 0.15) is 5.69 Å². The molecule has 1 aromatic carbocycles. The molecule has 1 rings (SSSR count). The fraction of sp³-hybridized carbons (Fsp3) is 0.806. The largest absolute Gasteiger partial charge is 0.379 e. The number of hydrogen-bond donors (Lipinski definition) is 1. The Kier molecular flexibility index (Phi) is 29.0. The van der Waals surface area contributed by atoms with Crippen molar-refractivity contribution < 1.29 is 52.5 Å². The highest BCUT2D eigenvalue weighted by Gasteiger charge is 2.19. The van der Waals surface area contributed by atoms with E-state index in [1.54, 1.807) is 0 Å². The van der Waals surface area contributed by atoms with Crippen LogP contribution in [0.15, 0.2) is 18.2 Å². The van der Waals surface area contributed by atoms with Crippen LogP contribution in [0.1, 0.15) is 39.0 Å². The van der Waals surface area contributed by atoms with Crippen LogP contribution in [-0.4, -0.2) is 135 Å². The molecule has 0 unspecified atom stereocenters. The molecule has 0 spiro atoms. The molecule has 0 bridgehead atoms. The first-order chi connectivity index (χ1) is 23.1. The molecule has 0 saturated carbocycles. The summed E-state index contributed by atoms with van der Waals surface area (Å²) in [6.45, 7) is 11.3. The van der Waals surface area contributed by atoms with Crippen LogP contribution in [0.5, 0.6) is 0 Å². The summed E-state index contributed by atoms with van der Waals surface area (Å²) in [7, 11) is 0. The molecule has 16 nitrogen and oxygen atoms in total. The van der Waals surface area contributed by atoms with E-state index in [2.05, 4.69) is 12.2 Å². The molecule has 272 valence electrons. The zero-order valence-corrected chi connectivity index (χ0v) is 27.9. The minimum Gasteiger partial charge on any atom is -0.379 e. The first-order valence-electron chi connectivity index (χ1n) is 16.4. The summed E-state index contributed by atoms with van der Waals surface area (Å²) in [6.07, 6.45) is 6.21. The molecule has 0 aromatic heterocycles. The molecule has 0 aliphatic carbocycles. The highest BCUT2D eigenvalue weighted by molar-refractivity contribution is 5.65. The van der Waals surface area contributed by atoms with Crippen molar-refractivity contribution in [1.29, 1.82) is 0 Å². The van der Waals surface area contributed by atoms with Gasteiger partial charge < -0.3 is 47.9 Å². The Labute approximate surface area is 277 Å². The van der Waals surface area contributed by atoms with Crippen molar-refractivity contribution in [2.75, 3.05) is 131 Å². The van der Waals surface area contributed by atoms with Gasteiger partial charge in [0.15, 0.2) is 0 Å². The number of nitrogens with one attached hydrogen (secondary N) is 1. The maximum Gasteiger partial charge on any atom is 0.299 e. The van der Waals surface area contributed by atoms with E-state index in [1.807, 2.05) is 0 Å². The first kappa shape index (κ1) is 42.5. The van der Waals surface area contributed by atoms with E-state index in [0.717, 1.165) is 19.1 Å². The van der Waals surface area contributed by atoms with Crippen LogP contribution >= 0.6 is 0 Å². The Morgan fingerprint density at radius 2 is 0.894 bits per heavy atom. The number of rotatable bonds is 36. The third kappa shape index (κ3) is 26.1. The monoisotopic (exact) mass is 677 g/mol. The Hall–Kier alpha value is -2.54. The molecule has 0 heterocycles. The first-order valence-corrected chi connectivity index (χ1v) is 16.4. The SMILES string of the molecule is CCCCCCCOCCOCCOCCOCCOCCOCCOCCOCCOCCNc1ccc([N+](=O)[O-])cc1[N+](=O)[O-]. The van der Waals surface area contributed by atoms with Gasteiger partial charge in [-0.2, -0.15) is 0 Å². The summed E-state index contributed by atoms with van der Waals surface area (Å²) in [5.41, 5.74) is -0.515. The van der Waals surface area contributed by atoms with Gasteiger partial charge in [0, 0.05) is 19.2 Å². The second kappa shape index (κ2) is 32.0. The number of nitrogens with zero attached hydrogens (tertiary/aromatic N) is 2. The van der Waals surface area contributed by atoms with Gasteiger partial charge in [0.2, 0.25) is 0 Å². The molecule has 47 heavy (non-hydrogen) atoms. The molecule has 0 saturated heterocycles. The normalized spacial score (nSPS) is 11.3. The smallest absolute Gasteiger partial charge is 0.299 e. The highest BCUT2D eigenvalue weighted by Crippen LogP contribution is 2.28. The van der Waals surface area contributed by atoms with Crippen LogP contribution in [0.2, 0.25) is 0 Å². The summed E-state index contributed by atoms with van der Waals surface area (Å²) >= 11 is 0. The molecular formula is C31H55N3O13. The molecule has 16 heteroatoms. The van der Waals surface area contributed by atoms with E-state index in [0.29, 0.717) is 112 Å². The minimum absolute atomic E-state index is 0.189. The predicted octanol–water partition coefficient (Wildman–Crippen LogP) is 4.03. The second-order valence-corrected chi connectivity index (χ2v) is 10.1. The van der Waals surface area contributed by atoms with E-state index >= 15 is 0 Å². The van der Waals surface area contributed by atoms with Crippen molar-refractivity contribution >= 4 is 17.1 Å². The van der Waals surface area contributed by atoms with Crippen LogP contribution in [0, 0.1) is 20.2 Å². The molecule has 1 N–H and O–H groups in total. The van der Waals surface area contributed by atoms with Crippen LogP contribution < -0.4 is 5.32 Å². The summed E-state index contributed by atoms with van der Waals surface area (Å²) in [5, 5.41) is 24.8. The van der Waals surface area contributed by atoms with Crippen molar-refractivity contribution in [3.63, 3.8) is 0 Å². The Bertz CT molecular complexity index is 898. The Balaban J connectivity index is 1.73. The molecule has 0 aliphatic rings. The summed E-state index contributed by atoms with van der Waals surface area (Å²) in [4.78, 5) is 20.6. The number of unbranched alkanes of at least 4 members (excludes halogenated alkanes) is 4. The number of benzene rings is 1. The summed E-state index contributed by atoms with van der Waals surface area (Å²) in [5.74, 6) is 0. The van der Waals surface area contributed by atoms with Gasteiger partial charge in [0.05, 0.1) is 128 Å². The number of hydrogen-bond acceptors (Lipinski definition) is 14. The number of ether oxygens (including phenoxy) is 9. The molecular weight excluding hydrogens is 622 g/mol. The van der Waals surface area contributed by atoms with Gasteiger partial charge in [-0.1, -0.05) is 32.6 Å². The van der Waals surface area contributed by atoms with Crippen LogP contribution in [-0.2, 0) is 42.6 Å². The van der Waals surface area contributed by atoms with Gasteiger partial charge >= 0.3 is 0 Å². The predicted molar refractivity (Wildman–Crippen MR) is 174 cm³/mol. The zero-order valence-electron chi connectivity index (χ0n) is 27.9. The lowest BCUT2D eigenvalue weighted by Crippen LogP contribution is -2.15.